The molecule has 0 aromatic heterocycles. The Hall–Kier alpha value is -0.920. The Labute approximate surface area is 104 Å². The van der Waals surface area contributed by atoms with Gasteiger partial charge in [-0.2, -0.15) is 0 Å². The van der Waals surface area contributed by atoms with E-state index >= 15 is 0 Å². The van der Waals surface area contributed by atoms with E-state index in [1.165, 1.54) is 12.6 Å². The predicted molar refractivity (Wildman–Crippen MR) is 82.1 cm³/mol. The lowest BCUT2D eigenvalue weighted by atomic mass is 10.6. The predicted octanol–water partition coefficient (Wildman–Crippen LogP) is 5.74. The van der Waals surface area contributed by atoms with Crippen LogP contribution in [0.2, 0.25) is 0 Å². The largest absolute Gasteiger partial charge is 0.313 e. The molecule has 0 aliphatic carbocycles. The van der Waals surface area contributed by atoms with Gasteiger partial charge in [-0.15, -0.1) is 0 Å². The second-order valence-corrected chi connectivity index (χ2v) is 2.12. The van der Waals surface area contributed by atoms with E-state index in [-0.39, 0.29) is 0 Å². The maximum absolute atomic E-state index is 6.08. The first-order valence-electron chi connectivity index (χ1n) is 6.19. The number of aliphatic imine (C=N–C) groups is 1. The van der Waals surface area contributed by atoms with E-state index < -0.39 is 0 Å². The van der Waals surface area contributed by atoms with Crippen LogP contribution in [0.15, 0.2) is 17.3 Å². The van der Waals surface area contributed by atoms with Crippen LogP contribution in [0.1, 0.15) is 68.7 Å². The molecule has 0 fully saturated rings. The summed E-state index contributed by atoms with van der Waals surface area (Å²) in [6.45, 7) is 21.2. The summed E-state index contributed by atoms with van der Waals surface area (Å²) in [4.78, 5) is 3.81. The molecule has 2 nitrogen and oxygen atoms in total. The second-order valence-electron chi connectivity index (χ2n) is 2.12. The fourth-order valence-corrected chi connectivity index (χ4v) is 0.220. The Morgan fingerprint density at radius 3 is 1.31 bits per heavy atom. The molecule has 1 N–H and O–H groups in total. The molecular formula is C14H34N2. The minimum absolute atomic E-state index is 0.859. The van der Waals surface area contributed by atoms with Gasteiger partial charge in [0.25, 0.3) is 0 Å². The van der Waals surface area contributed by atoms with Gasteiger partial charge in [-0.3, -0.25) is 4.99 Å². The Bertz CT molecular complexity index is 116. The van der Waals surface area contributed by atoms with Crippen molar-refractivity contribution < 1.29 is 0 Å². The molecule has 0 saturated heterocycles. The van der Waals surface area contributed by atoms with Crippen molar-refractivity contribution in [3.8, 4) is 0 Å². The minimum Gasteiger partial charge on any atom is -0.313 e. The van der Waals surface area contributed by atoms with Crippen LogP contribution in [0, 0.1) is 5.41 Å². The Morgan fingerprint density at radius 2 is 1.31 bits per heavy atom. The molecule has 0 bridgehead atoms. The number of nitrogens with one attached hydrogen (secondary N) is 1. The quantitative estimate of drug-likeness (QED) is 0.558. The van der Waals surface area contributed by atoms with Gasteiger partial charge in [0, 0.05) is 11.9 Å². The zero-order chi connectivity index (χ0) is 14.4. The Morgan fingerprint density at radius 1 is 1.12 bits per heavy atom. The van der Waals surface area contributed by atoms with Gasteiger partial charge in [-0.05, 0) is 27.0 Å². The van der Waals surface area contributed by atoms with Crippen LogP contribution in [-0.2, 0) is 0 Å². The molecule has 0 saturated carbocycles. The van der Waals surface area contributed by atoms with Crippen LogP contribution in [0.5, 0.6) is 0 Å². The molecule has 0 aromatic rings. The van der Waals surface area contributed by atoms with Crippen molar-refractivity contribution in [3.63, 3.8) is 0 Å². The molecule has 0 heterocycles. The fraction of sp³-hybridized carbons (Fsp3) is 0.714. The van der Waals surface area contributed by atoms with Crippen LogP contribution >= 0.6 is 0 Å². The van der Waals surface area contributed by atoms with Crippen LogP contribution in [-0.4, -0.2) is 12.4 Å². The highest BCUT2D eigenvalue weighted by Gasteiger charge is 1.64. The summed E-state index contributed by atoms with van der Waals surface area (Å²) in [5, 5.41) is 6.08. The molecule has 0 radical (unpaired) electrons. The molecule has 100 valence electrons. The summed E-state index contributed by atoms with van der Waals surface area (Å²) in [5.74, 6) is 0. The normalized spacial score (nSPS) is 6.31. The third-order valence-corrected chi connectivity index (χ3v) is 0.349. The monoisotopic (exact) mass is 230 g/mol. The van der Waals surface area contributed by atoms with Crippen molar-refractivity contribution >= 4 is 12.4 Å². The lowest BCUT2D eigenvalue weighted by molar-refractivity contribution is 1.09. The zero-order valence-corrected chi connectivity index (χ0v) is 13.0. The van der Waals surface area contributed by atoms with E-state index in [4.69, 9.17) is 5.41 Å². The molecule has 0 unspecified atom stereocenters. The third-order valence-electron chi connectivity index (χ3n) is 0.349. The molecule has 0 aliphatic heterocycles. The van der Waals surface area contributed by atoms with Crippen LogP contribution in [0.25, 0.3) is 0 Å². The highest BCUT2D eigenvalue weighted by atomic mass is 14.7. The highest BCUT2D eigenvalue weighted by molar-refractivity contribution is 5.54. The van der Waals surface area contributed by atoms with Crippen molar-refractivity contribution in [1.29, 1.82) is 5.41 Å². The summed E-state index contributed by atoms with van der Waals surface area (Å²) < 4.78 is 0. The number of allylic oxidation sites excluding steroid dienone is 1. The fourth-order valence-electron chi connectivity index (χ4n) is 0.220. The zero-order valence-electron chi connectivity index (χ0n) is 13.0. The summed E-state index contributed by atoms with van der Waals surface area (Å²) in [6, 6.07) is 0. The van der Waals surface area contributed by atoms with Crippen molar-refractivity contribution in [1.82, 2.24) is 0 Å². The topological polar surface area (TPSA) is 36.2 Å². The van der Waals surface area contributed by atoms with E-state index in [1.54, 1.807) is 13.1 Å². The molecule has 0 aromatic carbocycles. The maximum Gasteiger partial charge on any atom is 0.0296 e. The first-order chi connectivity index (χ1) is 7.60. The molecule has 0 amide bonds. The molecule has 0 rings (SSSR count). The molecular weight excluding hydrogens is 196 g/mol. The number of hydrogen-bond acceptors (Lipinski definition) is 2. The Balaban J connectivity index is -0.0000000349. The SMILES string of the molecule is C=C(C)N=CC.CC.CC.CC=N.CCC. The van der Waals surface area contributed by atoms with E-state index in [0.717, 1.165) is 5.70 Å². The lowest BCUT2D eigenvalue weighted by Gasteiger charge is -1.77. The second kappa shape index (κ2) is 65.2. The van der Waals surface area contributed by atoms with Crippen molar-refractivity contribution in [3.05, 3.63) is 12.3 Å². The van der Waals surface area contributed by atoms with Gasteiger partial charge in [0.1, 0.15) is 0 Å². The Kier molecular flexibility index (Phi) is 120. The van der Waals surface area contributed by atoms with E-state index in [9.17, 15) is 0 Å². The van der Waals surface area contributed by atoms with Gasteiger partial charge in [-0.1, -0.05) is 54.5 Å². The average Bonchev–Trinajstić information content (AvgIpc) is 2.26. The van der Waals surface area contributed by atoms with E-state index in [2.05, 4.69) is 25.4 Å². The highest BCUT2D eigenvalue weighted by Crippen LogP contribution is 1.82. The number of rotatable bonds is 1. The third kappa shape index (κ3) is 441. The molecule has 16 heavy (non-hydrogen) atoms. The van der Waals surface area contributed by atoms with Crippen LogP contribution in [0.4, 0.5) is 0 Å². The van der Waals surface area contributed by atoms with Gasteiger partial charge >= 0.3 is 0 Å². The van der Waals surface area contributed by atoms with Gasteiger partial charge in [0.15, 0.2) is 0 Å². The van der Waals surface area contributed by atoms with Crippen LogP contribution in [0.3, 0.4) is 0 Å². The molecule has 0 atom stereocenters. The summed E-state index contributed by atoms with van der Waals surface area (Å²) in [7, 11) is 0. The first kappa shape index (κ1) is 29.4. The summed E-state index contributed by atoms with van der Waals surface area (Å²) in [5.41, 5.74) is 0.859. The number of hydrogen-bond donors (Lipinski definition) is 1. The van der Waals surface area contributed by atoms with E-state index in [1.807, 2.05) is 41.5 Å². The van der Waals surface area contributed by atoms with Gasteiger partial charge in [0.2, 0.25) is 0 Å². The van der Waals surface area contributed by atoms with Crippen molar-refractivity contribution in [2.24, 2.45) is 4.99 Å². The molecule has 0 aliphatic rings. The van der Waals surface area contributed by atoms with Crippen LogP contribution < -0.4 is 0 Å². The standard InChI is InChI=1S/C5H9N.C3H8.C2H5N.2C2H6/c1-4-6-5(2)3;1-3-2;1-2-3;2*1-2/h4H,2H2,1,3H3;3H2,1-2H3;2-3H,1H3;2*1-2H3. The van der Waals surface area contributed by atoms with Crippen molar-refractivity contribution in [2.75, 3.05) is 0 Å². The maximum atomic E-state index is 6.08. The minimum atomic E-state index is 0.859. The van der Waals surface area contributed by atoms with Gasteiger partial charge in [0.05, 0.1) is 0 Å². The molecule has 2 heteroatoms. The molecule has 0 spiro atoms. The average molecular weight is 230 g/mol. The smallest absolute Gasteiger partial charge is 0.0296 e. The van der Waals surface area contributed by atoms with E-state index in [0.29, 0.717) is 0 Å². The first-order valence-corrected chi connectivity index (χ1v) is 6.19. The van der Waals surface area contributed by atoms with Gasteiger partial charge in [-0.25, -0.2) is 0 Å². The number of nitrogens with zero attached hydrogens (tertiary/aromatic N) is 1. The summed E-state index contributed by atoms with van der Waals surface area (Å²) in [6.07, 6.45) is 4.22. The van der Waals surface area contributed by atoms with Gasteiger partial charge < -0.3 is 5.41 Å². The van der Waals surface area contributed by atoms with Crippen molar-refractivity contribution in [2.45, 2.75) is 68.7 Å². The summed E-state index contributed by atoms with van der Waals surface area (Å²) >= 11 is 0. The lowest BCUT2D eigenvalue weighted by Crippen LogP contribution is -1.60.